The largest absolute Gasteiger partial charge is 0.293 e. The summed E-state index contributed by atoms with van der Waals surface area (Å²) in [6.45, 7) is 2.00. The van der Waals surface area contributed by atoms with E-state index in [-0.39, 0.29) is 17.1 Å². The van der Waals surface area contributed by atoms with Crippen LogP contribution in [-0.2, 0) is 5.75 Å². The van der Waals surface area contributed by atoms with Crippen LogP contribution in [0.3, 0.4) is 0 Å². The van der Waals surface area contributed by atoms with Gasteiger partial charge in [0.2, 0.25) is 0 Å². The molecule has 0 spiro atoms. The van der Waals surface area contributed by atoms with Crippen LogP contribution >= 0.6 is 11.8 Å². The molecule has 0 bridgehead atoms. The van der Waals surface area contributed by atoms with Crippen LogP contribution in [0.15, 0.2) is 42.5 Å². The van der Waals surface area contributed by atoms with Gasteiger partial charge in [-0.3, -0.25) is 4.79 Å². The Balaban J connectivity index is 1.94. The Labute approximate surface area is 121 Å². The van der Waals surface area contributed by atoms with Gasteiger partial charge in [-0.2, -0.15) is 0 Å². The molecule has 0 radical (unpaired) electrons. The highest BCUT2D eigenvalue weighted by Gasteiger charge is 2.12. The van der Waals surface area contributed by atoms with E-state index < -0.39 is 11.6 Å². The Morgan fingerprint density at radius 3 is 2.70 bits per heavy atom. The van der Waals surface area contributed by atoms with Gasteiger partial charge >= 0.3 is 0 Å². The second-order valence-corrected chi connectivity index (χ2v) is 5.51. The molecule has 2 aromatic rings. The monoisotopic (exact) mass is 292 g/mol. The average Bonchev–Trinajstić information content (AvgIpc) is 2.41. The number of thioether (sulfide) groups is 1. The normalized spacial score (nSPS) is 10.6. The van der Waals surface area contributed by atoms with Gasteiger partial charge in [0.25, 0.3) is 0 Å². The third-order valence-corrected chi connectivity index (χ3v) is 3.82. The van der Waals surface area contributed by atoms with E-state index >= 15 is 0 Å². The van der Waals surface area contributed by atoms with Crippen LogP contribution < -0.4 is 0 Å². The number of hydrogen-bond acceptors (Lipinski definition) is 2. The lowest BCUT2D eigenvalue weighted by atomic mass is 10.1. The summed E-state index contributed by atoms with van der Waals surface area (Å²) in [5.74, 6) is -0.857. The summed E-state index contributed by atoms with van der Waals surface area (Å²) in [4.78, 5) is 11.8. The summed E-state index contributed by atoms with van der Waals surface area (Å²) in [5, 5.41) is 0. The van der Waals surface area contributed by atoms with Crippen LogP contribution in [0.1, 0.15) is 21.5 Å². The number of Topliss-reactive ketones (excluding diaryl/α,β-unsaturated/α-hetero) is 1. The van der Waals surface area contributed by atoms with Gasteiger partial charge in [-0.15, -0.1) is 11.8 Å². The molecule has 0 N–H and O–H groups in total. The van der Waals surface area contributed by atoms with E-state index in [9.17, 15) is 13.6 Å². The fraction of sp³-hybridized carbons (Fsp3) is 0.188. The molecule has 0 amide bonds. The summed E-state index contributed by atoms with van der Waals surface area (Å²) in [7, 11) is 0. The zero-order chi connectivity index (χ0) is 14.5. The lowest BCUT2D eigenvalue weighted by Crippen LogP contribution is -2.06. The molecule has 0 saturated heterocycles. The van der Waals surface area contributed by atoms with E-state index in [2.05, 4.69) is 0 Å². The highest BCUT2D eigenvalue weighted by molar-refractivity contribution is 7.99. The van der Waals surface area contributed by atoms with Crippen molar-refractivity contribution in [2.45, 2.75) is 12.7 Å². The number of aryl methyl sites for hydroxylation is 1. The Bertz CT molecular complexity index is 626. The Kier molecular flexibility index (Phi) is 4.90. The minimum atomic E-state index is -0.674. The van der Waals surface area contributed by atoms with E-state index in [4.69, 9.17) is 0 Å². The quantitative estimate of drug-likeness (QED) is 0.760. The summed E-state index contributed by atoms with van der Waals surface area (Å²) in [6.07, 6.45) is 0. The molecule has 20 heavy (non-hydrogen) atoms. The number of carbonyl (C=O) groups excluding carboxylic acids is 1. The van der Waals surface area contributed by atoms with Crippen molar-refractivity contribution in [3.63, 3.8) is 0 Å². The fourth-order valence-electron chi connectivity index (χ4n) is 1.85. The third-order valence-electron chi connectivity index (χ3n) is 2.81. The van der Waals surface area contributed by atoms with Gasteiger partial charge in [-0.25, -0.2) is 8.78 Å². The Morgan fingerprint density at radius 1 is 1.15 bits per heavy atom. The second-order valence-electron chi connectivity index (χ2n) is 4.53. The van der Waals surface area contributed by atoms with Crippen molar-refractivity contribution in [3.05, 3.63) is 70.8 Å². The lowest BCUT2D eigenvalue weighted by Gasteiger charge is -2.04. The maximum absolute atomic E-state index is 13.4. The maximum atomic E-state index is 13.4. The minimum absolute atomic E-state index is 0.133. The summed E-state index contributed by atoms with van der Waals surface area (Å²) in [5.41, 5.74) is 2.09. The zero-order valence-electron chi connectivity index (χ0n) is 11.0. The molecule has 4 heteroatoms. The van der Waals surface area contributed by atoms with Crippen LogP contribution in [0.4, 0.5) is 8.78 Å². The number of halogens is 2. The summed E-state index contributed by atoms with van der Waals surface area (Å²) < 4.78 is 26.4. The van der Waals surface area contributed by atoms with Gasteiger partial charge < -0.3 is 0 Å². The molecule has 2 rings (SSSR count). The fourth-order valence-corrected chi connectivity index (χ4v) is 2.71. The van der Waals surface area contributed by atoms with Gasteiger partial charge in [0, 0.05) is 5.75 Å². The van der Waals surface area contributed by atoms with Crippen molar-refractivity contribution in [2.75, 3.05) is 5.75 Å². The summed E-state index contributed by atoms with van der Waals surface area (Å²) >= 11 is 1.39. The number of ketones is 1. The van der Waals surface area contributed by atoms with Crippen molar-refractivity contribution in [1.82, 2.24) is 0 Å². The standard InChI is InChI=1S/C16H14F2OS/c1-11-3-2-4-12(7-11)9-20-10-16(19)14-8-13(17)5-6-15(14)18/h2-8H,9-10H2,1H3. The first-order valence-corrected chi connectivity index (χ1v) is 7.33. The minimum Gasteiger partial charge on any atom is -0.293 e. The highest BCUT2D eigenvalue weighted by Crippen LogP contribution is 2.17. The molecule has 0 aliphatic rings. The van der Waals surface area contributed by atoms with Crippen molar-refractivity contribution < 1.29 is 13.6 Å². The van der Waals surface area contributed by atoms with Gasteiger partial charge in [-0.05, 0) is 30.7 Å². The molecule has 0 saturated carbocycles. The molecule has 2 aromatic carbocycles. The molecule has 0 fully saturated rings. The Morgan fingerprint density at radius 2 is 1.95 bits per heavy atom. The van der Waals surface area contributed by atoms with Crippen LogP contribution in [0.2, 0.25) is 0 Å². The van der Waals surface area contributed by atoms with E-state index in [0.29, 0.717) is 5.75 Å². The van der Waals surface area contributed by atoms with Gasteiger partial charge in [0.1, 0.15) is 11.6 Å². The average molecular weight is 292 g/mol. The number of benzene rings is 2. The van der Waals surface area contributed by atoms with Crippen LogP contribution in [0.25, 0.3) is 0 Å². The molecule has 0 aliphatic heterocycles. The number of hydrogen-bond donors (Lipinski definition) is 0. The summed E-state index contributed by atoms with van der Waals surface area (Å²) in [6, 6.07) is 10.9. The number of carbonyl (C=O) groups is 1. The first kappa shape index (κ1) is 14.7. The predicted molar refractivity (Wildman–Crippen MR) is 78.0 cm³/mol. The number of rotatable bonds is 5. The van der Waals surface area contributed by atoms with Gasteiger partial charge in [0.05, 0.1) is 11.3 Å². The maximum Gasteiger partial charge on any atom is 0.175 e. The predicted octanol–water partition coefficient (Wildman–Crippen LogP) is 4.39. The van der Waals surface area contributed by atoms with Crippen molar-refractivity contribution in [2.24, 2.45) is 0 Å². The van der Waals surface area contributed by atoms with Crippen molar-refractivity contribution in [3.8, 4) is 0 Å². The van der Waals surface area contributed by atoms with Crippen LogP contribution in [0.5, 0.6) is 0 Å². The van der Waals surface area contributed by atoms with E-state index in [1.54, 1.807) is 0 Å². The molecule has 0 unspecified atom stereocenters. The first-order valence-electron chi connectivity index (χ1n) is 6.18. The molecule has 104 valence electrons. The smallest absolute Gasteiger partial charge is 0.175 e. The molecule has 0 aromatic heterocycles. The van der Waals surface area contributed by atoms with E-state index in [0.717, 1.165) is 29.3 Å². The van der Waals surface area contributed by atoms with Crippen LogP contribution in [-0.4, -0.2) is 11.5 Å². The molecular weight excluding hydrogens is 278 g/mol. The van der Waals surface area contributed by atoms with E-state index in [1.165, 1.54) is 11.8 Å². The molecule has 1 nitrogen and oxygen atoms in total. The SMILES string of the molecule is Cc1cccc(CSCC(=O)c2cc(F)ccc2F)c1. The second kappa shape index (κ2) is 6.66. The van der Waals surface area contributed by atoms with E-state index in [1.807, 2.05) is 31.2 Å². The van der Waals surface area contributed by atoms with Crippen molar-refractivity contribution >= 4 is 17.5 Å². The molecule has 0 atom stereocenters. The Hall–Kier alpha value is -1.68. The van der Waals surface area contributed by atoms with Crippen molar-refractivity contribution in [1.29, 1.82) is 0 Å². The topological polar surface area (TPSA) is 17.1 Å². The highest BCUT2D eigenvalue weighted by atomic mass is 32.2. The molecular formula is C16H14F2OS. The molecule has 0 heterocycles. The lowest BCUT2D eigenvalue weighted by molar-refractivity contribution is 0.101. The zero-order valence-corrected chi connectivity index (χ0v) is 11.8. The van der Waals surface area contributed by atoms with Crippen LogP contribution in [0, 0.1) is 18.6 Å². The van der Waals surface area contributed by atoms with Gasteiger partial charge in [0.15, 0.2) is 5.78 Å². The third kappa shape index (κ3) is 3.90. The van der Waals surface area contributed by atoms with Gasteiger partial charge in [-0.1, -0.05) is 29.8 Å². The molecule has 0 aliphatic carbocycles. The first-order chi connectivity index (χ1) is 9.56.